The molecule has 0 aliphatic carbocycles. The summed E-state index contributed by atoms with van der Waals surface area (Å²) in [6.07, 6.45) is 0. The van der Waals surface area contributed by atoms with E-state index in [2.05, 4.69) is 0 Å². The second-order valence-electron chi connectivity index (χ2n) is 0. The third kappa shape index (κ3) is 8.94. The van der Waals surface area contributed by atoms with Crippen LogP contribution < -0.4 is 0 Å². The van der Waals surface area contributed by atoms with Crippen molar-refractivity contribution in [2.45, 2.75) is 0 Å². The molecule has 4 heavy (non-hydrogen) atoms. The first kappa shape index (κ1) is 36.1. The van der Waals surface area contributed by atoms with Crippen LogP contribution in [0.5, 0.6) is 0 Å². The Bertz CT molecular complexity index is 8.00. The minimum atomic E-state index is 0. The van der Waals surface area contributed by atoms with E-state index in [1.165, 1.54) is 0 Å². The fraction of sp³-hybridized carbons (Fsp3) is 0. The molecule has 1 nitrogen and oxygen atoms in total. The smallest absolute Gasteiger partial charge is 2.00 e. The Labute approximate surface area is 69.8 Å². The molecule has 0 aliphatic heterocycles. The molecule has 4 heteroatoms. The van der Waals surface area contributed by atoms with Gasteiger partial charge in [0.05, 0.1) is 0 Å². The van der Waals surface area contributed by atoms with Crippen LogP contribution in [0.15, 0.2) is 0 Å². The first-order valence-electron chi connectivity index (χ1n) is 0. The average molecular weight is 266 g/mol. The molecule has 0 heterocycles. The predicted molar refractivity (Wildman–Crippen MR) is 12.2 cm³/mol. The molecule has 0 spiro atoms. The van der Waals surface area contributed by atoms with Crippen LogP contribution in [-0.2, 0) is 25.0 Å². The van der Waals surface area contributed by atoms with E-state index in [0.29, 0.717) is 0 Å². The van der Waals surface area contributed by atoms with Crippen LogP contribution in [0.1, 0.15) is 0 Å². The summed E-state index contributed by atoms with van der Waals surface area (Å²) in [4.78, 5) is 0. The quantitative estimate of drug-likeness (QED) is 0.509. The fourth-order valence-corrected chi connectivity index (χ4v) is 0. The van der Waals surface area contributed by atoms with Gasteiger partial charge in [0.15, 0.2) is 0 Å². The van der Waals surface area contributed by atoms with E-state index >= 15 is 0 Å². The van der Waals surface area contributed by atoms with Gasteiger partial charge in [-0.15, -0.1) is 0 Å². The van der Waals surface area contributed by atoms with Gasteiger partial charge in [-0.3, -0.25) is 0 Å². The maximum Gasteiger partial charge on any atom is 3.00 e. The number of rotatable bonds is 0. The van der Waals surface area contributed by atoms with Crippen LogP contribution in [0.3, 0.4) is 0 Å². The first-order valence-corrected chi connectivity index (χ1v) is 0. The van der Waals surface area contributed by atoms with E-state index < -0.39 is 0 Å². The third-order valence-corrected chi connectivity index (χ3v) is 0. The van der Waals surface area contributed by atoms with Crippen LogP contribution in [0.2, 0.25) is 0 Å². The second-order valence-corrected chi connectivity index (χ2v) is 0. The van der Waals surface area contributed by atoms with Crippen molar-refractivity contribution in [2.75, 3.05) is 0 Å². The zero-order valence-corrected chi connectivity index (χ0v) is 11.0. The van der Waals surface area contributed by atoms with Crippen molar-refractivity contribution < 1.29 is 25.0 Å². The van der Waals surface area contributed by atoms with Gasteiger partial charge in [-0.2, -0.15) is 0 Å². The molecule has 0 saturated carbocycles. The van der Waals surface area contributed by atoms with Crippen molar-refractivity contribution >= 4 is 45.6 Å². The molecule has 0 amide bonds. The Balaban J connectivity index is 0. The topological polar surface area (TPSA) is 28.5 Å². The van der Waals surface area contributed by atoms with Crippen molar-refractivity contribution in [3.63, 3.8) is 0 Å². The third-order valence-electron chi connectivity index (χ3n) is 0. The standard InChI is InChI=1S/Ga.In.O.Zn/q2*+3;-2;. The fourth-order valence-electron chi connectivity index (χ4n) is 0. The summed E-state index contributed by atoms with van der Waals surface area (Å²) in [5.41, 5.74) is 0. The maximum atomic E-state index is 0. The molecule has 0 aliphatic rings. The van der Waals surface area contributed by atoms with Crippen molar-refractivity contribution in [3.8, 4) is 0 Å². The van der Waals surface area contributed by atoms with Crippen molar-refractivity contribution in [1.29, 1.82) is 0 Å². The summed E-state index contributed by atoms with van der Waals surface area (Å²) in [6.45, 7) is 0. The van der Waals surface area contributed by atoms with Crippen LogP contribution in [0.4, 0.5) is 0 Å². The van der Waals surface area contributed by atoms with Gasteiger partial charge in [0, 0.05) is 19.5 Å². The monoisotopic (exact) mass is 264 g/mol. The van der Waals surface area contributed by atoms with Crippen molar-refractivity contribution in [2.24, 2.45) is 0 Å². The Morgan fingerprint density at radius 3 is 1.00 bits per heavy atom. The molecule has 0 unspecified atom stereocenters. The largest absolute Gasteiger partial charge is 3.00 e. The molecule has 0 radical (unpaired) electrons. The molecule has 0 fully saturated rings. The van der Waals surface area contributed by atoms with Gasteiger partial charge in [0.25, 0.3) is 0 Å². The molecule has 0 N–H and O–H groups in total. The molecule has 0 atom stereocenters. The van der Waals surface area contributed by atoms with Crippen LogP contribution in [0, 0.1) is 0 Å². The van der Waals surface area contributed by atoms with Gasteiger partial charge in [-0.1, -0.05) is 0 Å². The van der Waals surface area contributed by atoms with Crippen molar-refractivity contribution in [3.05, 3.63) is 0 Å². The number of hydrogen-bond donors (Lipinski definition) is 0. The molecule has 0 saturated heterocycles. The Hall–Kier alpha value is 2.09. The molecule has 0 bridgehead atoms. The van der Waals surface area contributed by atoms with Crippen molar-refractivity contribution in [1.82, 2.24) is 0 Å². The summed E-state index contributed by atoms with van der Waals surface area (Å²) in [7, 11) is 0. The molecule has 0 rings (SSSR count). The van der Waals surface area contributed by atoms with Gasteiger partial charge >= 0.3 is 45.6 Å². The normalized spacial score (nSPS) is 0. The zero-order chi connectivity index (χ0) is 0. The van der Waals surface area contributed by atoms with E-state index in [1.54, 1.807) is 0 Å². The van der Waals surface area contributed by atoms with Crippen LogP contribution in [-0.4, -0.2) is 45.6 Å². The zero-order valence-electron chi connectivity index (χ0n) is 2.27. The predicted octanol–water partition coefficient (Wildman–Crippen LogP) is -0.883. The summed E-state index contributed by atoms with van der Waals surface area (Å²) in [5.74, 6) is 0. The van der Waals surface area contributed by atoms with E-state index in [0.717, 1.165) is 0 Å². The molecule has 0 aromatic carbocycles. The van der Waals surface area contributed by atoms with E-state index in [1.807, 2.05) is 0 Å². The average Bonchev–Trinajstić information content (AvgIpc) is 0. The van der Waals surface area contributed by atoms with Gasteiger partial charge in [-0.05, 0) is 0 Å². The van der Waals surface area contributed by atoms with Crippen LogP contribution >= 0.6 is 0 Å². The molecule has 0 aromatic heterocycles. The van der Waals surface area contributed by atoms with Gasteiger partial charge in [-0.25, -0.2) is 0 Å². The second kappa shape index (κ2) is 19.5. The van der Waals surface area contributed by atoms with E-state index in [4.69, 9.17) is 0 Å². The molecular formula is GaInOZn+4. The maximum absolute atomic E-state index is 0. The van der Waals surface area contributed by atoms with Crippen LogP contribution in [0.25, 0.3) is 0 Å². The van der Waals surface area contributed by atoms with Gasteiger partial charge < -0.3 is 5.48 Å². The number of hydrogen-bond acceptors (Lipinski definition) is 0. The summed E-state index contributed by atoms with van der Waals surface area (Å²) in [5, 5.41) is 0. The van der Waals surface area contributed by atoms with E-state index in [9.17, 15) is 0 Å². The first-order chi connectivity index (χ1) is 0. The van der Waals surface area contributed by atoms with Gasteiger partial charge in [0.2, 0.25) is 0 Å². The summed E-state index contributed by atoms with van der Waals surface area (Å²) < 4.78 is 0. The molecule has 0 aromatic rings. The Morgan fingerprint density at radius 1 is 1.00 bits per heavy atom. The minimum absolute atomic E-state index is 0. The van der Waals surface area contributed by atoms with Gasteiger partial charge in [0.1, 0.15) is 0 Å². The SMILES string of the molecule is [Ga+3].[In+3].[O-2].[Zn]. The molecular weight excluding hydrogens is 266 g/mol. The minimum Gasteiger partial charge on any atom is -2.00 e. The summed E-state index contributed by atoms with van der Waals surface area (Å²) in [6, 6.07) is 0. The molecule has 10 valence electrons. The Morgan fingerprint density at radius 2 is 1.00 bits per heavy atom. The van der Waals surface area contributed by atoms with E-state index in [-0.39, 0.29) is 70.6 Å². The summed E-state index contributed by atoms with van der Waals surface area (Å²) >= 11 is 0. The Kier molecular flexibility index (Phi) is 176.